The van der Waals surface area contributed by atoms with Crippen molar-refractivity contribution in [1.29, 1.82) is 0 Å². The number of nitrogens with one attached hydrogen (secondary N) is 1. The molecule has 0 radical (unpaired) electrons. The molecule has 1 atom stereocenters. The van der Waals surface area contributed by atoms with Crippen LogP contribution in [-0.4, -0.2) is 57.0 Å². The van der Waals surface area contributed by atoms with E-state index in [1.807, 2.05) is 12.1 Å². The fraction of sp³-hybridized carbons (Fsp3) is 0.500. The van der Waals surface area contributed by atoms with E-state index in [1.165, 1.54) is 11.5 Å². The normalized spacial score (nSPS) is 19.6. The lowest BCUT2D eigenvalue weighted by Crippen LogP contribution is -2.44. The zero-order chi connectivity index (χ0) is 14.5. The van der Waals surface area contributed by atoms with Crippen molar-refractivity contribution in [2.75, 3.05) is 31.6 Å². The largest absolute Gasteiger partial charge is 0.374 e. The van der Waals surface area contributed by atoms with Crippen LogP contribution >= 0.6 is 23.1 Å². The van der Waals surface area contributed by atoms with Gasteiger partial charge in [0.05, 0.1) is 12.7 Å². The summed E-state index contributed by atoms with van der Waals surface area (Å²) in [6, 6.07) is 3.73. The van der Waals surface area contributed by atoms with Crippen LogP contribution in [0, 0.1) is 0 Å². The highest BCUT2D eigenvalue weighted by Crippen LogP contribution is 2.20. The number of rotatable bonds is 5. The lowest BCUT2D eigenvalue weighted by molar-refractivity contribution is -0.0244. The van der Waals surface area contributed by atoms with Crippen molar-refractivity contribution in [3.63, 3.8) is 0 Å². The van der Waals surface area contributed by atoms with Crippen LogP contribution < -0.4 is 5.32 Å². The zero-order valence-corrected chi connectivity index (χ0v) is 12.8. The highest BCUT2D eigenvalue weighted by atomic mass is 35.5. The summed E-state index contributed by atoms with van der Waals surface area (Å²) in [6.45, 7) is 3.79. The Morgan fingerprint density at radius 2 is 2.43 bits per heavy atom. The van der Waals surface area contributed by atoms with Crippen molar-refractivity contribution in [3.05, 3.63) is 28.4 Å². The van der Waals surface area contributed by atoms with E-state index in [2.05, 4.69) is 30.0 Å². The highest BCUT2D eigenvalue weighted by Gasteiger charge is 2.22. The molecule has 1 aliphatic heterocycles. The summed E-state index contributed by atoms with van der Waals surface area (Å²) in [5.74, 6) is 0.755. The second-order valence-corrected chi connectivity index (χ2v) is 6.07. The molecule has 0 aromatic carbocycles. The van der Waals surface area contributed by atoms with Gasteiger partial charge in [-0.15, -0.1) is 10.2 Å². The number of hydrogen-bond acceptors (Lipinski definition) is 8. The molecule has 1 aliphatic rings. The van der Waals surface area contributed by atoms with E-state index >= 15 is 0 Å². The van der Waals surface area contributed by atoms with Gasteiger partial charge in [0.15, 0.2) is 0 Å². The average molecular weight is 327 g/mol. The van der Waals surface area contributed by atoms with Gasteiger partial charge in [0, 0.05) is 43.9 Å². The molecule has 1 saturated heterocycles. The van der Waals surface area contributed by atoms with E-state index in [4.69, 9.17) is 16.3 Å². The fourth-order valence-corrected chi connectivity index (χ4v) is 2.78. The lowest BCUT2D eigenvalue weighted by Gasteiger charge is -2.32. The molecule has 9 heteroatoms. The number of hydrogen-bond donors (Lipinski definition) is 1. The van der Waals surface area contributed by atoms with Crippen molar-refractivity contribution >= 4 is 29.0 Å². The van der Waals surface area contributed by atoms with Crippen molar-refractivity contribution in [3.8, 4) is 0 Å². The van der Waals surface area contributed by atoms with Crippen LogP contribution in [0.4, 0.5) is 5.82 Å². The second kappa shape index (κ2) is 7.08. The summed E-state index contributed by atoms with van der Waals surface area (Å²) in [7, 11) is 0. The summed E-state index contributed by atoms with van der Waals surface area (Å²) < 4.78 is 10.3. The molecule has 1 fully saturated rings. The first-order valence-electron chi connectivity index (χ1n) is 6.63. The van der Waals surface area contributed by atoms with Crippen molar-refractivity contribution in [2.24, 2.45) is 0 Å². The summed E-state index contributed by atoms with van der Waals surface area (Å²) in [6.07, 6.45) is 1.75. The van der Waals surface area contributed by atoms with Crippen LogP contribution in [0.1, 0.15) is 5.69 Å². The summed E-state index contributed by atoms with van der Waals surface area (Å²) in [4.78, 5) is 2.27. The standard InChI is InChI=1S/C12H15ClN6OS/c13-12-10(16-18-21-12)8-19-4-5-20-9(7-19)6-14-11-2-1-3-15-17-11/h1-3,9H,4-8H2,(H,14,17). The Kier molecular flexibility index (Phi) is 4.91. The van der Waals surface area contributed by atoms with Gasteiger partial charge in [0.1, 0.15) is 15.8 Å². The van der Waals surface area contributed by atoms with Gasteiger partial charge in [-0.05, 0) is 12.1 Å². The van der Waals surface area contributed by atoms with Gasteiger partial charge in [-0.25, -0.2) is 0 Å². The number of anilines is 1. The maximum atomic E-state index is 6.04. The minimum atomic E-state index is 0.103. The third-order valence-electron chi connectivity index (χ3n) is 3.19. The minimum absolute atomic E-state index is 0.103. The number of morpholine rings is 1. The van der Waals surface area contributed by atoms with E-state index in [0.29, 0.717) is 24.0 Å². The Hall–Kier alpha value is -1.35. The lowest BCUT2D eigenvalue weighted by atomic mass is 10.2. The maximum Gasteiger partial charge on any atom is 0.148 e. The number of aromatic nitrogens is 4. The van der Waals surface area contributed by atoms with Gasteiger partial charge in [-0.2, -0.15) is 5.10 Å². The first-order chi connectivity index (χ1) is 10.3. The van der Waals surface area contributed by atoms with Gasteiger partial charge in [0.25, 0.3) is 0 Å². The molecule has 1 unspecified atom stereocenters. The second-order valence-electron chi connectivity index (χ2n) is 4.71. The molecule has 7 nitrogen and oxygen atoms in total. The molecule has 0 aliphatic carbocycles. The van der Waals surface area contributed by atoms with Gasteiger partial charge >= 0.3 is 0 Å². The van der Waals surface area contributed by atoms with Crippen molar-refractivity contribution < 1.29 is 4.74 Å². The van der Waals surface area contributed by atoms with Gasteiger partial charge in [-0.1, -0.05) is 16.1 Å². The molecule has 0 spiro atoms. The molecule has 0 saturated carbocycles. The molecule has 2 aromatic heterocycles. The van der Waals surface area contributed by atoms with Crippen LogP contribution in [0.5, 0.6) is 0 Å². The van der Waals surface area contributed by atoms with E-state index in [1.54, 1.807) is 6.20 Å². The monoisotopic (exact) mass is 326 g/mol. The molecule has 0 amide bonds. The van der Waals surface area contributed by atoms with E-state index in [0.717, 1.165) is 24.6 Å². The SMILES string of the molecule is Clc1snnc1CN1CCOC(CNc2cccnn2)C1. The quantitative estimate of drug-likeness (QED) is 0.887. The maximum absolute atomic E-state index is 6.04. The Morgan fingerprint density at radius 1 is 1.48 bits per heavy atom. The van der Waals surface area contributed by atoms with Crippen LogP contribution in [0.2, 0.25) is 4.34 Å². The molecule has 112 valence electrons. The van der Waals surface area contributed by atoms with E-state index in [9.17, 15) is 0 Å². The Balaban J connectivity index is 1.50. The van der Waals surface area contributed by atoms with Crippen molar-refractivity contribution in [2.45, 2.75) is 12.6 Å². The molecule has 21 heavy (non-hydrogen) atoms. The fourth-order valence-electron chi connectivity index (χ4n) is 2.16. The van der Waals surface area contributed by atoms with E-state index in [-0.39, 0.29) is 6.10 Å². The number of nitrogens with zero attached hydrogens (tertiary/aromatic N) is 5. The van der Waals surface area contributed by atoms with Gasteiger partial charge in [-0.3, -0.25) is 4.90 Å². The molecular formula is C12H15ClN6OS. The number of ether oxygens (including phenoxy) is 1. The summed E-state index contributed by atoms with van der Waals surface area (Å²) in [5, 5.41) is 15.1. The smallest absolute Gasteiger partial charge is 0.148 e. The zero-order valence-electron chi connectivity index (χ0n) is 11.3. The Labute approximate surface area is 131 Å². The summed E-state index contributed by atoms with van der Waals surface area (Å²) in [5.41, 5.74) is 0.837. The van der Waals surface area contributed by atoms with Crippen LogP contribution in [0.25, 0.3) is 0 Å². The van der Waals surface area contributed by atoms with Crippen LogP contribution in [0.15, 0.2) is 18.3 Å². The van der Waals surface area contributed by atoms with Gasteiger partial charge in [0.2, 0.25) is 0 Å². The molecule has 3 rings (SSSR count). The molecule has 3 heterocycles. The van der Waals surface area contributed by atoms with Crippen LogP contribution in [-0.2, 0) is 11.3 Å². The predicted octanol–water partition coefficient (Wildman–Crippen LogP) is 1.29. The van der Waals surface area contributed by atoms with Crippen LogP contribution in [0.3, 0.4) is 0 Å². The van der Waals surface area contributed by atoms with E-state index < -0.39 is 0 Å². The molecular weight excluding hydrogens is 312 g/mol. The first kappa shape index (κ1) is 14.6. The van der Waals surface area contributed by atoms with Gasteiger partial charge < -0.3 is 10.1 Å². The Bertz CT molecular complexity index is 568. The predicted molar refractivity (Wildman–Crippen MR) is 80.5 cm³/mol. The molecule has 0 bridgehead atoms. The summed E-state index contributed by atoms with van der Waals surface area (Å²) >= 11 is 7.26. The number of halogens is 1. The van der Waals surface area contributed by atoms with Crippen molar-refractivity contribution in [1.82, 2.24) is 24.7 Å². The third kappa shape index (κ3) is 4.07. The average Bonchev–Trinajstić information content (AvgIpc) is 2.92. The highest BCUT2D eigenvalue weighted by molar-refractivity contribution is 7.10. The molecule has 1 N–H and O–H groups in total. The third-order valence-corrected chi connectivity index (χ3v) is 4.17. The first-order valence-corrected chi connectivity index (χ1v) is 7.78. The Morgan fingerprint density at radius 3 is 3.19 bits per heavy atom. The topological polar surface area (TPSA) is 76.1 Å². The minimum Gasteiger partial charge on any atom is -0.374 e. The molecule has 2 aromatic rings.